The molecule has 3 aromatic carbocycles. The second-order valence-corrected chi connectivity index (χ2v) is 6.46. The number of hydrogen-bond acceptors (Lipinski definition) is 4. The van der Waals surface area contributed by atoms with Crippen molar-refractivity contribution >= 4 is 16.7 Å². The van der Waals surface area contributed by atoms with E-state index in [1.807, 2.05) is 72.8 Å². The van der Waals surface area contributed by atoms with Gasteiger partial charge in [-0.1, -0.05) is 54.6 Å². The quantitative estimate of drug-likeness (QED) is 0.471. The summed E-state index contributed by atoms with van der Waals surface area (Å²) in [5, 5.41) is 4.37. The predicted octanol–water partition coefficient (Wildman–Crippen LogP) is 5.43. The van der Waals surface area contributed by atoms with Crippen LogP contribution in [0.15, 0.2) is 84.9 Å². The van der Waals surface area contributed by atoms with Gasteiger partial charge >= 0.3 is 0 Å². The molecule has 4 rings (SSSR count). The van der Waals surface area contributed by atoms with Crippen molar-refractivity contribution in [2.75, 3.05) is 12.4 Å². The summed E-state index contributed by atoms with van der Waals surface area (Å²) < 4.78 is 11.4. The minimum Gasteiger partial charge on any atom is -0.496 e. The van der Waals surface area contributed by atoms with Gasteiger partial charge in [-0.25, -0.2) is 4.98 Å². The van der Waals surface area contributed by atoms with Crippen molar-refractivity contribution in [3.05, 3.63) is 96.1 Å². The summed E-state index contributed by atoms with van der Waals surface area (Å²) in [5.74, 6) is 2.52. The van der Waals surface area contributed by atoms with Gasteiger partial charge in [-0.05, 0) is 35.9 Å². The molecule has 1 aromatic heterocycles. The highest BCUT2D eigenvalue weighted by atomic mass is 16.5. The minimum absolute atomic E-state index is 0.535. The molecule has 140 valence electrons. The van der Waals surface area contributed by atoms with E-state index in [-0.39, 0.29) is 0 Å². The average molecular weight is 370 g/mol. The zero-order chi connectivity index (χ0) is 19.2. The summed E-state index contributed by atoms with van der Waals surface area (Å²) in [6.45, 7) is 1.18. The Labute approximate surface area is 164 Å². The predicted molar refractivity (Wildman–Crippen MR) is 113 cm³/mol. The van der Waals surface area contributed by atoms with Gasteiger partial charge in [0, 0.05) is 17.5 Å². The highest BCUT2D eigenvalue weighted by Gasteiger charge is 2.06. The van der Waals surface area contributed by atoms with Gasteiger partial charge in [0.1, 0.15) is 23.9 Å². The lowest BCUT2D eigenvalue weighted by Crippen LogP contribution is -2.03. The third-order valence-electron chi connectivity index (χ3n) is 4.58. The fraction of sp³-hybridized carbons (Fsp3) is 0.125. The summed E-state index contributed by atoms with van der Waals surface area (Å²) in [7, 11) is 1.68. The summed E-state index contributed by atoms with van der Waals surface area (Å²) >= 11 is 0. The SMILES string of the molecule is COc1ccccc1CNc1ccc2c(OCc3ccccc3)cccc2n1. The van der Waals surface area contributed by atoms with Crippen molar-refractivity contribution in [1.29, 1.82) is 0 Å². The Kier molecular flexibility index (Phi) is 5.38. The highest BCUT2D eigenvalue weighted by molar-refractivity contribution is 5.86. The van der Waals surface area contributed by atoms with Crippen molar-refractivity contribution in [2.24, 2.45) is 0 Å². The number of ether oxygens (including phenoxy) is 2. The van der Waals surface area contributed by atoms with E-state index in [2.05, 4.69) is 17.4 Å². The molecule has 4 heteroatoms. The molecule has 28 heavy (non-hydrogen) atoms. The lowest BCUT2D eigenvalue weighted by molar-refractivity contribution is 0.310. The average Bonchev–Trinajstić information content (AvgIpc) is 2.77. The Morgan fingerprint density at radius 2 is 1.57 bits per heavy atom. The van der Waals surface area contributed by atoms with Crippen LogP contribution in [0.25, 0.3) is 10.9 Å². The molecule has 0 aliphatic rings. The molecule has 0 saturated carbocycles. The molecule has 1 N–H and O–H groups in total. The molecule has 0 atom stereocenters. The van der Waals surface area contributed by atoms with E-state index in [9.17, 15) is 0 Å². The lowest BCUT2D eigenvalue weighted by Gasteiger charge is -2.12. The third-order valence-corrected chi connectivity index (χ3v) is 4.58. The highest BCUT2D eigenvalue weighted by Crippen LogP contribution is 2.27. The topological polar surface area (TPSA) is 43.4 Å². The molecular weight excluding hydrogens is 348 g/mol. The molecule has 0 bridgehead atoms. The second-order valence-electron chi connectivity index (χ2n) is 6.46. The zero-order valence-electron chi connectivity index (χ0n) is 15.8. The third kappa shape index (κ3) is 4.07. The monoisotopic (exact) mass is 370 g/mol. The molecule has 0 aliphatic heterocycles. The number of anilines is 1. The fourth-order valence-electron chi connectivity index (χ4n) is 3.12. The Morgan fingerprint density at radius 3 is 2.43 bits per heavy atom. The maximum atomic E-state index is 6.03. The van der Waals surface area contributed by atoms with E-state index in [0.717, 1.165) is 39.3 Å². The molecule has 1 heterocycles. The summed E-state index contributed by atoms with van der Waals surface area (Å²) in [4.78, 5) is 4.73. The van der Waals surface area contributed by atoms with Crippen LogP contribution in [0, 0.1) is 0 Å². The Hall–Kier alpha value is -3.53. The number of hydrogen-bond donors (Lipinski definition) is 1. The Morgan fingerprint density at radius 1 is 0.786 bits per heavy atom. The summed E-state index contributed by atoms with van der Waals surface area (Å²) in [6.07, 6.45) is 0. The van der Waals surface area contributed by atoms with Crippen LogP contribution in [0.2, 0.25) is 0 Å². The van der Waals surface area contributed by atoms with Gasteiger partial charge in [-0.15, -0.1) is 0 Å². The molecule has 0 fully saturated rings. The molecular formula is C24H22N2O2. The van der Waals surface area contributed by atoms with Crippen LogP contribution in [-0.2, 0) is 13.2 Å². The first-order valence-electron chi connectivity index (χ1n) is 9.26. The molecule has 0 amide bonds. The van der Waals surface area contributed by atoms with Crippen molar-refractivity contribution in [1.82, 2.24) is 4.98 Å². The van der Waals surface area contributed by atoms with Crippen LogP contribution in [0.3, 0.4) is 0 Å². The van der Waals surface area contributed by atoms with Gasteiger partial charge in [0.25, 0.3) is 0 Å². The fourth-order valence-corrected chi connectivity index (χ4v) is 3.12. The first kappa shape index (κ1) is 17.9. The number of nitrogens with zero attached hydrogens (tertiary/aromatic N) is 1. The van der Waals surface area contributed by atoms with E-state index in [1.165, 1.54) is 0 Å². The van der Waals surface area contributed by atoms with Gasteiger partial charge in [0.05, 0.1) is 12.6 Å². The maximum Gasteiger partial charge on any atom is 0.129 e. The van der Waals surface area contributed by atoms with Crippen LogP contribution >= 0.6 is 0 Å². The molecule has 0 unspecified atom stereocenters. The number of fused-ring (bicyclic) bond motifs is 1. The van der Waals surface area contributed by atoms with E-state index < -0.39 is 0 Å². The van der Waals surface area contributed by atoms with Crippen molar-refractivity contribution in [3.63, 3.8) is 0 Å². The Bertz CT molecular complexity index is 1060. The van der Waals surface area contributed by atoms with Gasteiger partial charge in [-0.2, -0.15) is 0 Å². The second kappa shape index (κ2) is 8.44. The molecule has 4 nitrogen and oxygen atoms in total. The van der Waals surface area contributed by atoms with E-state index >= 15 is 0 Å². The maximum absolute atomic E-state index is 6.03. The minimum atomic E-state index is 0.535. The molecule has 0 spiro atoms. The summed E-state index contributed by atoms with van der Waals surface area (Å²) in [5.41, 5.74) is 3.13. The van der Waals surface area contributed by atoms with Gasteiger partial charge < -0.3 is 14.8 Å². The number of aromatic nitrogens is 1. The zero-order valence-corrected chi connectivity index (χ0v) is 15.8. The van der Waals surface area contributed by atoms with E-state index in [4.69, 9.17) is 14.5 Å². The van der Waals surface area contributed by atoms with Gasteiger partial charge in [0.2, 0.25) is 0 Å². The van der Waals surface area contributed by atoms with Crippen molar-refractivity contribution in [2.45, 2.75) is 13.2 Å². The van der Waals surface area contributed by atoms with Gasteiger partial charge in [-0.3, -0.25) is 0 Å². The van der Waals surface area contributed by atoms with Crippen LogP contribution in [0.4, 0.5) is 5.82 Å². The number of nitrogens with one attached hydrogen (secondary N) is 1. The number of para-hydroxylation sites is 1. The van der Waals surface area contributed by atoms with Crippen LogP contribution in [0.1, 0.15) is 11.1 Å². The summed E-state index contributed by atoms with van der Waals surface area (Å²) in [6, 6.07) is 28.1. The van der Waals surface area contributed by atoms with Crippen molar-refractivity contribution in [3.8, 4) is 11.5 Å². The number of methoxy groups -OCH3 is 1. The van der Waals surface area contributed by atoms with Crippen LogP contribution < -0.4 is 14.8 Å². The Balaban J connectivity index is 1.50. The largest absolute Gasteiger partial charge is 0.496 e. The van der Waals surface area contributed by atoms with Crippen LogP contribution in [-0.4, -0.2) is 12.1 Å². The molecule has 0 radical (unpaired) electrons. The lowest BCUT2D eigenvalue weighted by atomic mass is 10.2. The van der Waals surface area contributed by atoms with Crippen molar-refractivity contribution < 1.29 is 9.47 Å². The van der Waals surface area contributed by atoms with E-state index in [0.29, 0.717) is 13.2 Å². The van der Waals surface area contributed by atoms with Gasteiger partial charge in [0.15, 0.2) is 0 Å². The first-order valence-corrected chi connectivity index (χ1v) is 9.26. The number of pyridine rings is 1. The van der Waals surface area contributed by atoms with Crippen LogP contribution in [0.5, 0.6) is 11.5 Å². The molecule has 4 aromatic rings. The van der Waals surface area contributed by atoms with E-state index in [1.54, 1.807) is 7.11 Å². The normalized spacial score (nSPS) is 10.6. The number of benzene rings is 3. The number of rotatable bonds is 7. The smallest absolute Gasteiger partial charge is 0.129 e. The first-order chi connectivity index (χ1) is 13.8. The molecule has 0 aliphatic carbocycles. The molecule has 0 saturated heterocycles. The standard InChI is InChI=1S/C24H22N2O2/c1-27-22-12-6-5-10-19(22)16-25-24-15-14-20-21(26-24)11-7-13-23(20)28-17-18-8-3-2-4-9-18/h2-15H,16-17H2,1H3,(H,25,26).